The summed E-state index contributed by atoms with van der Waals surface area (Å²) in [6.45, 7) is 5.48. The zero-order chi connectivity index (χ0) is 18.7. The second-order valence-electron chi connectivity index (χ2n) is 7.18. The fraction of sp³-hybridized carbons (Fsp3) is 0.579. The van der Waals surface area contributed by atoms with Crippen molar-refractivity contribution in [1.82, 2.24) is 5.32 Å². The van der Waals surface area contributed by atoms with Crippen LogP contribution in [0.25, 0.3) is 0 Å². The maximum absolute atomic E-state index is 12.2. The fourth-order valence-corrected chi connectivity index (χ4v) is 3.53. The van der Waals surface area contributed by atoms with Gasteiger partial charge >= 0.3 is 12.1 Å². The molecule has 1 aromatic carbocycles. The van der Waals surface area contributed by atoms with Crippen LogP contribution < -0.4 is 5.32 Å². The molecule has 0 radical (unpaired) electrons. The standard InChI is InChI=1S/C19H25NO6/c1-12(21)23-11-14-9-15(17-16(14)25-19(2,3)26-17)20-18(22)24-10-13-7-5-4-6-8-13/h4-8,14-17H,9-11H2,1-3H3,(H,20,22)/t14-,15?,16-,17+/m1/s1. The number of alkyl carbamates (subject to hydrolysis) is 1. The van der Waals surface area contributed by atoms with E-state index in [9.17, 15) is 9.59 Å². The zero-order valence-corrected chi connectivity index (χ0v) is 15.3. The van der Waals surface area contributed by atoms with Crippen molar-refractivity contribution in [2.75, 3.05) is 6.61 Å². The number of rotatable bonds is 5. The SMILES string of the molecule is CC(=O)OC[C@H]1CC(NC(=O)OCc2ccccc2)[C@@H]2OC(C)(C)O[C@H]12. The number of ether oxygens (including phenoxy) is 4. The van der Waals surface area contributed by atoms with Gasteiger partial charge in [0, 0.05) is 12.8 Å². The molecular formula is C19H25NO6. The van der Waals surface area contributed by atoms with E-state index in [-0.39, 0.29) is 43.4 Å². The van der Waals surface area contributed by atoms with Crippen LogP contribution in [0.3, 0.4) is 0 Å². The summed E-state index contributed by atoms with van der Waals surface area (Å²) in [5.41, 5.74) is 0.918. The smallest absolute Gasteiger partial charge is 0.407 e. The molecule has 1 saturated carbocycles. The summed E-state index contributed by atoms with van der Waals surface area (Å²) in [7, 11) is 0. The largest absolute Gasteiger partial charge is 0.465 e. The molecule has 1 unspecified atom stereocenters. The Kier molecular flexibility index (Phi) is 5.48. The number of amides is 1. The molecular weight excluding hydrogens is 338 g/mol. The molecule has 0 aromatic heterocycles. The van der Waals surface area contributed by atoms with Gasteiger partial charge in [-0.1, -0.05) is 30.3 Å². The van der Waals surface area contributed by atoms with Gasteiger partial charge in [0.05, 0.1) is 18.8 Å². The Hall–Kier alpha value is -2.12. The maximum Gasteiger partial charge on any atom is 0.407 e. The lowest BCUT2D eigenvalue weighted by Crippen LogP contribution is -2.43. The van der Waals surface area contributed by atoms with E-state index < -0.39 is 11.9 Å². The van der Waals surface area contributed by atoms with Crippen LogP contribution in [0.4, 0.5) is 4.79 Å². The van der Waals surface area contributed by atoms with Crippen molar-refractivity contribution >= 4 is 12.1 Å². The average molecular weight is 363 g/mol. The predicted molar refractivity (Wildman–Crippen MR) is 92.1 cm³/mol. The Bertz CT molecular complexity index is 647. The summed E-state index contributed by atoms with van der Waals surface area (Å²) < 4.78 is 22.3. The van der Waals surface area contributed by atoms with Gasteiger partial charge in [0.25, 0.3) is 0 Å². The van der Waals surface area contributed by atoms with Gasteiger partial charge in [-0.05, 0) is 25.8 Å². The van der Waals surface area contributed by atoms with Crippen LogP contribution in [0, 0.1) is 5.92 Å². The maximum atomic E-state index is 12.2. The molecule has 1 N–H and O–H groups in total. The number of esters is 1. The molecule has 1 heterocycles. The van der Waals surface area contributed by atoms with Crippen molar-refractivity contribution < 1.29 is 28.5 Å². The van der Waals surface area contributed by atoms with Crippen molar-refractivity contribution in [3.05, 3.63) is 35.9 Å². The van der Waals surface area contributed by atoms with Gasteiger partial charge in [0.15, 0.2) is 5.79 Å². The van der Waals surface area contributed by atoms with E-state index in [0.717, 1.165) is 5.56 Å². The molecule has 1 amide bonds. The van der Waals surface area contributed by atoms with E-state index in [1.807, 2.05) is 44.2 Å². The van der Waals surface area contributed by atoms with Crippen LogP contribution >= 0.6 is 0 Å². The first-order valence-corrected chi connectivity index (χ1v) is 8.80. The van der Waals surface area contributed by atoms with E-state index in [4.69, 9.17) is 18.9 Å². The first-order chi connectivity index (χ1) is 12.3. The van der Waals surface area contributed by atoms with Crippen LogP contribution in [0.5, 0.6) is 0 Å². The third-order valence-corrected chi connectivity index (χ3v) is 4.60. The summed E-state index contributed by atoms with van der Waals surface area (Å²) in [6.07, 6.45) is -0.434. The summed E-state index contributed by atoms with van der Waals surface area (Å²) in [5, 5.41) is 2.87. The lowest BCUT2D eigenvalue weighted by molar-refractivity contribution is -0.162. The van der Waals surface area contributed by atoms with E-state index in [2.05, 4.69) is 5.32 Å². The molecule has 2 fully saturated rings. The van der Waals surface area contributed by atoms with Crippen molar-refractivity contribution in [1.29, 1.82) is 0 Å². The Balaban J connectivity index is 1.57. The second-order valence-corrected chi connectivity index (χ2v) is 7.18. The molecule has 1 saturated heterocycles. The highest BCUT2D eigenvalue weighted by molar-refractivity contribution is 5.68. The highest BCUT2D eigenvalue weighted by atomic mass is 16.8. The molecule has 7 nitrogen and oxygen atoms in total. The van der Waals surface area contributed by atoms with Gasteiger partial charge in [0.2, 0.25) is 0 Å². The van der Waals surface area contributed by atoms with Gasteiger partial charge in [-0.15, -0.1) is 0 Å². The third kappa shape index (κ3) is 4.53. The van der Waals surface area contributed by atoms with Crippen LogP contribution in [-0.4, -0.2) is 42.7 Å². The molecule has 2 aliphatic rings. The minimum absolute atomic E-state index is 0.0369. The number of carbonyl (C=O) groups excluding carboxylic acids is 2. The Morgan fingerprint density at radius 2 is 1.85 bits per heavy atom. The Labute approximate surface area is 152 Å². The number of hydrogen-bond donors (Lipinski definition) is 1. The summed E-state index contributed by atoms with van der Waals surface area (Å²) >= 11 is 0. The number of hydrogen-bond acceptors (Lipinski definition) is 6. The first-order valence-electron chi connectivity index (χ1n) is 8.80. The molecule has 0 spiro atoms. The molecule has 7 heteroatoms. The number of benzene rings is 1. The molecule has 1 aromatic rings. The van der Waals surface area contributed by atoms with Gasteiger partial charge in [0.1, 0.15) is 12.7 Å². The predicted octanol–water partition coefficient (Wildman–Crippen LogP) is 2.38. The molecule has 4 atom stereocenters. The topological polar surface area (TPSA) is 83.1 Å². The Morgan fingerprint density at radius 1 is 1.15 bits per heavy atom. The lowest BCUT2D eigenvalue weighted by Gasteiger charge is -2.23. The van der Waals surface area contributed by atoms with Crippen molar-refractivity contribution in [3.8, 4) is 0 Å². The van der Waals surface area contributed by atoms with Crippen LogP contribution in [-0.2, 0) is 30.3 Å². The normalized spacial score (nSPS) is 29.0. The molecule has 1 aliphatic carbocycles. The highest BCUT2D eigenvalue weighted by Gasteiger charge is 2.54. The minimum atomic E-state index is -0.738. The minimum Gasteiger partial charge on any atom is -0.465 e. The molecule has 3 rings (SSSR count). The summed E-state index contributed by atoms with van der Waals surface area (Å²) in [4.78, 5) is 23.3. The van der Waals surface area contributed by atoms with Crippen LogP contribution in [0.2, 0.25) is 0 Å². The van der Waals surface area contributed by atoms with E-state index in [1.54, 1.807) is 0 Å². The van der Waals surface area contributed by atoms with Crippen LogP contribution in [0.15, 0.2) is 30.3 Å². The average Bonchev–Trinajstić information content (AvgIpc) is 3.06. The van der Waals surface area contributed by atoms with Crippen molar-refractivity contribution in [2.45, 2.75) is 57.8 Å². The van der Waals surface area contributed by atoms with Gasteiger partial charge in [-0.2, -0.15) is 0 Å². The van der Waals surface area contributed by atoms with E-state index in [0.29, 0.717) is 6.42 Å². The van der Waals surface area contributed by atoms with E-state index >= 15 is 0 Å². The molecule has 26 heavy (non-hydrogen) atoms. The second kappa shape index (κ2) is 7.63. The quantitative estimate of drug-likeness (QED) is 0.809. The molecule has 1 aliphatic heterocycles. The summed E-state index contributed by atoms with van der Waals surface area (Å²) in [5.74, 6) is -1.11. The van der Waals surface area contributed by atoms with Gasteiger partial charge < -0.3 is 24.3 Å². The monoisotopic (exact) mass is 363 g/mol. The number of fused-ring (bicyclic) bond motifs is 1. The lowest BCUT2D eigenvalue weighted by atomic mass is 10.1. The Morgan fingerprint density at radius 3 is 2.54 bits per heavy atom. The number of carbonyl (C=O) groups is 2. The third-order valence-electron chi connectivity index (χ3n) is 4.60. The molecule has 0 bridgehead atoms. The molecule has 142 valence electrons. The van der Waals surface area contributed by atoms with Crippen molar-refractivity contribution in [3.63, 3.8) is 0 Å². The van der Waals surface area contributed by atoms with Gasteiger partial charge in [-0.25, -0.2) is 4.79 Å². The summed E-state index contributed by atoms with van der Waals surface area (Å²) in [6, 6.07) is 9.22. The van der Waals surface area contributed by atoms with Crippen molar-refractivity contribution in [2.24, 2.45) is 5.92 Å². The zero-order valence-electron chi connectivity index (χ0n) is 15.3. The highest BCUT2D eigenvalue weighted by Crippen LogP contribution is 2.41. The number of nitrogens with one attached hydrogen (secondary N) is 1. The fourth-order valence-electron chi connectivity index (χ4n) is 3.53. The van der Waals surface area contributed by atoms with E-state index in [1.165, 1.54) is 6.92 Å². The first kappa shape index (κ1) is 18.7. The van der Waals surface area contributed by atoms with Crippen LogP contribution in [0.1, 0.15) is 32.8 Å². The van der Waals surface area contributed by atoms with Gasteiger partial charge in [-0.3, -0.25) is 4.79 Å².